The van der Waals surface area contributed by atoms with Crippen LogP contribution in [0.3, 0.4) is 0 Å². The second-order valence-electron chi connectivity index (χ2n) is 4.57. The molecular weight excluding hydrogens is 156 g/mol. The lowest BCUT2D eigenvalue weighted by Crippen LogP contribution is -2.32. The predicted molar refractivity (Wildman–Crippen MR) is 59.6 cm³/mol. The lowest BCUT2D eigenvalue weighted by molar-refractivity contribution is 0.162. The molecule has 0 fully saturated rings. The normalized spacial score (nSPS) is 29.6. The van der Waals surface area contributed by atoms with Gasteiger partial charge in [0.25, 0.3) is 0 Å². The highest BCUT2D eigenvalue weighted by Crippen LogP contribution is 2.44. The van der Waals surface area contributed by atoms with Crippen molar-refractivity contribution in [1.82, 2.24) is 0 Å². The maximum absolute atomic E-state index is 2.42. The van der Waals surface area contributed by atoms with Crippen LogP contribution in [0.25, 0.3) is 0 Å². The fourth-order valence-electron chi connectivity index (χ4n) is 2.40. The molecule has 0 N–H and O–H groups in total. The maximum atomic E-state index is 2.42. The average molecular weight is 178 g/mol. The summed E-state index contributed by atoms with van der Waals surface area (Å²) in [5.74, 6) is 1.53. The highest BCUT2D eigenvalue weighted by atomic mass is 14.4. The molecule has 0 aliphatic heterocycles. The van der Waals surface area contributed by atoms with Gasteiger partial charge in [0.2, 0.25) is 0 Å². The van der Waals surface area contributed by atoms with Gasteiger partial charge in [-0.25, -0.2) is 0 Å². The van der Waals surface area contributed by atoms with E-state index in [2.05, 4.69) is 52.0 Å². The van der Waals surface area contributed by atoms with Crippen molar-refractivity contribution >= 4 is 0 Å². The van der Waals surface area contributed by atoms with Gasteiger partial charge in [-0.15, -0.1) is 0 Å². The van der Waals surface area contributed by atoms with Crippen LogP contribution in [0.4, 0.5) is 0 Å². The van der Waals surface area contributed by atoms with Crippen molar-refractivity contribution in [3.05, 3.63) is 24.3 Å². The van der Waals surface area contributed by atoms with E-state index < -0.39 is 0 Å². The Morgan fingerprint density at radius 1 is 1.23 bits per heavy atom. The summed E-state index contributed by atoms with van der Waals surface area (Å²) in [5.41, 5.74) is 0.420. The lowest BCUT2D eigenvalue weighted by atomic mass is 9.64. The van der Waals surface area contributed by atoms with Gasteiger partial charge in [-0.3, -0.25) is 0 Å². The van der Waals surface area contributed by atoms with Crippen LogP contribution in [0, 0.1) is 17.3 Å². The summed E-state index contributed by atoms with van der Waals surface area (Å²) in [5, 5.41) is 0. The molecule has 0 nitrogen and oxygen atoms in total. The Hall–Kier alpha value is -0.520. The zero-order chi connectivity index (χ0) is 9.90. The van der Waals surface area contributed by atoms with Crippen LogP contribution >= 0.6 is 0 Å². The Morgan fingerprint density at radius 2 is 1.92 bits per heavy atom. The Bertz CT molecular complexity index is 210. The van der Waals surface area contributed by atoms with Crippen LogP contribution in [-0.4, -0.2) is 0 Å². The van der Waals surface area contributed by atoms with E-state index in [1.165, 1.54) is 12.8 Å². The predicted octanol–water partition coefficient (Wildman–Crippen LogP) is 4.19. The third kappa shape index (κ3) is 1.87. The molecule has 0 bridgehead atoms. The van der Waals surface area contributed by atoms with E-state index in [1.807, 2.05) is 0 Å². The van der Waals surface area contributed by atoms with Gasteiger partial charge in [-0.05, 0) is 23.7 Å². The zero-order valence-corrected chi connectivity index (χ0v) is 9.38. The van der Waals surface area contributed by atoms with Crippen molar-refractivity contribution in [1.29, 1.82) is 0 Å². The van der Waals surface area contributed by atoms with E-state index in [4.69, 9.17) is 0 Å². The standard InChI is InChI=1S/C13H22/c1-5-12(4)13(11(2)3)9-7-6-8-10-13/h6-9,11-12H,5,10H2,1-4H3. The van der Waals surface area contributed by atoms with Crippen molar-refractivity contribution in [2.75, 3.05) is 0 Å². The van der Waals surface area contributed by atoms with Crippen molar-refractivity contribution in [2.24, 2.45) is 17.3 Å². The summed E-state index contributed by atoms with van der Waals surface area (Å²) in [6.07, 6.45) is 11.6. The van der Waals surface area contributed by atoms with Crippen LogP contribution in [0.15, 0.2) is 24.3 Å². The first-order valence-electron chi connectivity index (χ1n) is 5.48. The van der Waals surface area contributed by atoms with E-state index in [1.54, 1.807) is 0 Å². The van der Waals surface area contributed by atoms with Crippen LogP contribution in [0.1, 0.15) is 40.5 Å². The molecule has 13 heavy (non-hydrogen) atoms. The van der Waals surface area contributed by atoms with Crippen LogP contribution in [0.2, 0.25) is 0 Å². The average Bonchev–Trinajstić information content (AvgIpc) is 2.17. The molecule has 2 unspecified atom stereocenters. The third-order valence-corrected chi connectivity index (χ3v) is 3.73. The molecule has 0 spiro atoms. The van der Waals surface area contributed by atoms with Crippen LogP contribution in [0.5, 0.6) is 0 Å². The first-order chi connectivity index (χ1) is 6.13. The van der Waals surface area contributed by atoms with Gasteiger partial charge in [0.05, 0.1) is 0 Å². The summed E-state index contributed by atoms with van der Waals surface area (Å²) in [6, 6.07) is 0. The maximum Gasteiger partial charge on any atom is -0.00321 e. The van der Waals surface area contributed by atoms with Gasteiger partial charge < -0.3 is 0 Å². The molecule has 0 heteroatoms. The Kier molecular flexibility index (Phi) is 3.35. The SMILES string of the molecule is CCC(C)C1(C(C)C)C=CC=CC1. The molecule has 0 saturated heterocycles. The molecule has 0 amide bonds. The first kappa shape index (κ1) is 10.6. The number of hydrogen-bond acceptors (Lipinski definition) is 0. The second kappa shape index (κ2) is 4.13. The molecular formula is C13H22. The van der Waals surface area contributed by atoms with Crippen molar-refractivity contribution in [3.8, 4) is 0 Å². The van der Waals surface area contributed by atoms with Crippen LogP contribution in [-0.2, 0) is 0 Å². The van der Waals surface area contributed by atoms with E-state index in [0.717, 1.165) is 11.8 Å². The fraction of sp³-hybridized carbons (Fsp3) is 0.692. The monoisotopic (exact) mass is 178 g/mol. The molecule has 0 aromatic rings. The number of rotatable bonds is 3. The van der Waals surface area contributed by atoms with Crippen molar-refractivity contribution in [2.45, 2.75) is 40.5 Å². The molecule has 0 saturated carbocycles. The quantitative estimate of drug-likeness (QED) is 0.608. The summed E-state index contributed by atoms with van der Waals surface area (Å²) < 4.78 is 0. The summed E-state index contributed by atoms with van der Waals surface area (Å²) in [4.78, 5) is 0. The zero-order valence-electron chi connectivity index (χ0n) is 9.38. The molecule has 0 radical (unpaired) electrons. The third-order valence-electron chi connectivity index (χ3n) is 3.73. The minimum atomic E-state index is 0.420. The Labute approximate surface area is 82.7 Å². The van der Waals surface area contributed by atoms with E-state index >= 15 is 0 Å². The second-order valence-corrected chi connectivity index (χ2v) is 4.57. The summed E-state index contributed by atoms with van der Waals surface area (Å²) in [6.45, 7) is 9.36. The fourth-order valence-corrected chi connectivity index (χ4v) is 2.40. The Morgan fingerprint density at radius 3 is 2.31 bits per heavy atom. The number of hydrogen-bond donors (Lipinski definition) is 0. The van der Waals surface area contributed by atoms with Crippen LogP contribution < -0.4 is 0 Å². The van der Waals surface area contributed by atoms with E-state index in [9.17, 15) is 0 Å². The smallest absolute Gasteiger partial charge is 0.00321 e. The summed E-state index contributed by atoms with van der Waals surface area (Å²) >= 11 is 0. The molecule has 0 aromatic carbocycles. The lowest BCUT2D eigenvalue weighted by Gasteiger charge is -2.40. The summed E-state index contributed by atoms with van der Waals surface area (Å²) in [7, 11) is 0. The minimum absolute atomic E-state index is 0.420. The molecule has 1 aliphatic carbocycles. The van der Waals surface area contributed by atoms with Gasteiger partial charge in [0, 0.05) is 0 Å². The Balaban J connectivity index is 2.88. The van der Waals surface area contributed by atoms with E-state index in [0.29, 0.717) is 5.41 Å². The highest BCUT2D eigenvalue weighted by Gasteiger charge is 2.35. The minimum Gasteiger partial charge on any atom is -0.0837 e. The largest absolute Gasteiger partial charge is 0.0837 e. The first-order valence-corrected chi connectivity index (χ1v) is 5.48. The van der Waals surface area contributed by atoms with Crippen molar-refractivity contribution in [3.63, 3.8) is 0 Å². The molecule has 0 aromatic heterocycles. The van der Waals surface area contributed by atoms with Gasteiger partial charge in [-0.1, -0.05) is 58.4 Å². The van der Waals surface area contributed by atoms with Gasteiger partial charge in [0.15, 0.2) is 0 Å². The molecule has 2 atom stereocenters. The number of allylic oxidation sites excluding steroid dienone is 4. The van der Waals surface area contributed by atoms with Gasteiger partial charge >= 0.3 is 0 Å². The molecule has 1 aliphatic rings. The van der Waals surface area contributed by atoms with Crippen molar-refractivity contribution < 1.29 is 0 Å². The van der Waals surface area contributed by atoms with Gasteiger partial charge in [-0.2, -0.15) is 0 Å². The molecule has 0 heterocycles. The topological polar surface area (TPSA) is 0 Å². The van der Waals surface area contributed by atoms with Gasteiger partial charge in [0.1, 0.15) is 0 Å². The highest BCUT2D eigenvalue weighted by molar-refractivity contribution is 5.18. The molecule has 74 valence electrons. The molecule has 1 rings (SSSR count). The van der Waals surface area contributed by atoms with E-state index in [-0.39, 0.29) is 0 Å².